The van der Waals surface area contributed by atoms with Crippen molar-refractivity contribution in [3.8, 4) is 0 Å². The molecule has 0 spiro atoms. The Hall–Kier alpha value is -4.57. The second-order valence-electron chi connectivity index (χ2n) is 9.23. The van der Waals surface area contributed by atoms with Crippen molar-refractivity contribution >= 4 is 27.5 Å². The first-order valence-corrected chi connectivity index (χ1v) is 14.3. The van der Waals surface area contributed by atoms with Crippen LogP contribution < -0.4 is 9.62 Å². The molecule has 0 radical (unpaired) electrons. The summed E-state index contributed by atoms with van der Waals surface area (Å²) in [6, 6.07) is 26.0. The lowest BCUT2D eigenvalue weighted by molar-refractivity contribution is -0.139. The molecule has 1 atom stereocenters. The fraction of sp³-hybridized carbons (Fsp3) is 0.161. The normalized spacial score (nSPS) is 11.9. The molecule has 4 aromatic carbocycles. The van der Waals surface area contributed by atoms with E-state index in [0.717, 1.165) is 22.0 Å². The predicted octanol–water partition coefficient (Wildman–Crippen LogP) is 4.55. The van der Waals surface area contributed by atoms with Crippen LogP contribution in [0.5, 0.6) is 0 Å². The Morgan fingerprint density at radius 1 is 0.805 bits per heavy atom. The van der Waals surface area contributed by atoms with Gasteiger partial charge in [-0.3, -0.25) is 13.9 Å². The number of rotatable bonds is 11. The van der Waals surface area contributed by atoms with Gasteiger partial charge in [0.05, 0.1) is 10.6 Å². The van der Waals surface area contributed by atoms with Crippen LogP contribution in [0.1, 0.15) is 11.1 Å². The van der Waals surface area contributed by atoms with Crippen LogP contribution in [0.15, 0.2) is 114 Å². The number of benzene rings is 4. The average molecular weight is 578 g/mol. The summed E-state index contributed by atoms with van der Waals surface area (Å²) in [6.45, 7) is -1.02. The first-order chi connectivity index (χ1) is 19.7. The maximum Gasteiger partial charge on any atom is 0.264 e. The summed E-state index contributed by atoms with van der Waals surface area (Å²) in [6.07, 6.45) is 0.0999. The molecule has 2 amide bonds. The summed E-state index contributed by atoms with van der Waals surface area (Å²) in [5.41, 5.74) is 0.954. The molecular weight excluding hydrogens is 548 g/mol. The van der Waals surface area contributed by atoms with Crippen LogP contribution in [0.3, 0.4) is 0 Å². The maximum absolute atomic E-state index is 14.8. The van der Waals surface area contributed by atoms with Gasteiger partial charge in [0.25, 0.3) is 10.0 Å². The Morgan fingerprint density at radius 2 is 1.39 bits per heavy atom. The molecule has 0 saturated heterocycles. The molecule has 0 aliphatic rings. The number of nitrogens with one attached hydrogen (secondary N) is 1. The number of likely N-dealkylation sites (N-methyl/N-ethyl adjacent to an activating group) is 1. The van der Waals surface area contributed by atoms with Crippen molar-refractivity contribution in [2.45, 2.75) is 23.9 Å². The van der Waals surface area contributed by atoms with E-state index in [-0.39, 0.29) is 29.1 Å². The SMILES string of the molecule is CNC(=O)[C@@H](Cc1ccccc1)N(Cc1ccccc1F)C(=O)CN(c1ccc(F)cc1)S(=O)(=O)c1ccccc1. The minimum atomic E-state index is -4.30. The van der Waals surface area contributed by atoms with E-state index < -0.39 is 46.1 Å². The number of halogens is 2. The molecule has 0 bridgehead atoms. The van der Waals surface area contributed by atoms with E-state index in [4.69, 9.17) is 0 Å². The molecule has 1 N–H and O–H groups in total. The van der Waals surface area contributed by atoms with E-state index in [0.29, 0.717) is 0 Å². The number of nitrogens with zero attached hydrogens (tertiary/aromatic N) is 2. The van der Waals surface area contributed by atoms with Gasteiger partial charge in [0, 0.05) is 25.6 Å². The summed E-state index contributed by atoms with van der Waals surface area (Å²) in [7, 11) is -2.87. The van der Waals surface area contributed by atoms with Crippen LogP contribution in [0.4, 0.5) is 14.5 Å². The first-order valence-electron chi connectivity index (χ1n) is 12.8. The molecular formula is C31H29F2N3O4S. The van der Waals surface area contributed by atoms with Gasteiger partial charge in [-0.1, -0.05) is 66.7 Å². The summed E-state index contributed by atoms with van der Waals surface area (Å²) in [4.78, 5) is 28.4. The lowest BCUT2D eigenvalue weighted by atomic mass is 10.0. The van der Waals surface area contributed by atoms with Crippen LogP contribution in [0, 0.1) is 11.6 Å². The van der Waals surface area contributed by atoms with Crippen molar-refractivity contribution in [3.05, 3.63) is 132 Å². The Morgan fingerprint density at radius 3 is 2.00 bits per heavy atom. The molecule has 0 saturated carbocycles. The average Bonchev–Trinajstić information content (AvgIpc) is 2.99. The molecule has 4 rings (SSSR count). The number of hydrogen-bond acceptors (Lipinski definition) is 4. The van der Waals surface area contributed by atoms with Gasteiger partial charge in [-0.05, 0) is 48.0 Å². The van der Waals surface area contributed by atoms with Crippen molar-refractivity contribution in [2.24, 2.45) is 0 Å². The number of carbonyl (C=O) groups is 2. The molecule has 4 aromatic rings. The van der Waals surface area contributed by atoms with Crippen LogP contribution in [0.25, 0.3) is 0 Å². The van der Waals surface area contributed by atoms with Gasteiger partial charge >= 0.3 is 0 Å². The first kappa shape index (κ1) is 29.4. The zero-order valence-electron chi connectivity index (χ0n) is 22.3. The lowest BCUT2D eigenvalue weighted by Crippen LogP contribution is -2.53. The largest absolute Gasteiger partial charge is 0.357 e. The Labute approximate surface area is 238 Å². The summed E-state index contributed by atoms with van der Waals surface area (Å²) >= 11 is 0. The zero-order valence-corrected chi connectivity index (χ0v) is 23.1. The number of hydrogen-bond donors (Lipinski definition) is 1. The highest BCUT2D eigenvalue weighted by Crippen LogP contribution is 2.25. The molecule has 0 unspecified atom stereocenters. The second-order valence-corrected chi connectivity index (χ2v) is 11.1. The molecule has 10 heteroatoms. The summed E-state index contributed by atoms with van der Waals surface area (Å²) < 4.78 is 56.9. The van der Waals surface area contributed by atoms with E-state index in [9.17, 15) is 26.8 Å². The maximum atomic E-state index is 14.8. The van der Waals surface area contributed by atoms with E-state index in [1.165, 1.54) is 54.4 Å². The third-order valence-electron chi connectivity index (χ3n) is 6.54. The summed E-state index contributed by atoms with van der Waals surface area (Å²) in [5.74, 6) is -2.41. The van der Waals surface area contributed by atoms with Gasteiger partial charge in [0.2, 0.25) is 11.8 Å². The quantitative estimate of drug-likeness (QED) is 0.284. The van der Waals surface area contributed by atoms with E-state index >= 15 is 0 Å². The number of carbonyl (C=O) groups excluding carboxylic acids is 2. The lowest BCUT2D eigenvalue weighted by Gasteiger charge is -2.33. The minimum Gasteiger partial charge on any atom is -0.357 e. The van der Waals surface area contributed by atoms with Crippen molar-refractivity contribution in [3.63, 3.8) is 0 Å². The standard InChI is InChI=1S/C31H29F2N3O4S/c1-34-31(38)29(20-23-10-4-2-5-11-23)35(21-24-12-8-9-15-28(24)33)30(37)22-36(26-18-16-25(32)17-19-26)41(39,40)27-13-6-3-7-14-27/h2-19,29H,20-22H2,1H3,(H,34,38)/t29-/m1/s1. The monoisotopic (exact) mass is 577 g/mol. The highest BCUT2D eigenvalue weighted by molar-refractivity contribution is 7.92. The van der Waals surface area contributed by atoms with Gasteiger partial charge in [-0.15, -0.1) is 0 Å². The zero-order chi connectivity index (χ0) is 29.4. The Bertz CT molecular complexity index is 1580. The van der Waals surface area contributed by atoms with Crippen LogP contribution >= 0.6 is 0 Å². The molecule has 7 nitrogen and oxygen atoms in total. The highest BCUT2D eigenvalue weighted by Gasteiger charge is 2.34. The predicted molar refractivity (Wildman–Crippen MR) is 152 cm³/mol. The molecule has 0 aliphatic heterocycles. The number of anilines is 1. The Balaban J connectivity index is 1.78. The molecule has 212 valence electrons. The van der Waals surface area contributed by atoms with Crippen molar-refractivity contribution in [1.82, 2.24) is 10.2 Å². The molecule has 0 aromatic heterocycles. The molecule has 41 heavy (non-hydrogen) atoms. The van der Waals surface area contributed by atoms with Crippen LogP contribution in [0.2, 0.25) is 0 Å². The van der Waals surface area contributed by atoms with Gasteiger partial charge in [0.15, 0.2) is 0 Å². The minimum absolute atomic E-state index is 0.0500. The van der Waals surface area contributed by atoms with Crippen LogP contribution in [-0.2, 0) is 32.6 Å². The van der Waals surface area contributed by atoms with Gasteiger partial charge in [0.1, 0.15) is 24.2 Å². The van der Waals surface area contributed by atoms with Crippen molar-refractivity contribution in [2.75, 3.05) is 17.9 Å². The van der Waals surface area contributed by atoms with E-state index in [2.05, 4.69) is 5.32 Å². The summed E-state index contributed by atoms with van der Waals surface area (Å²) in [5, 5.41) is 2.57. The van der Waals surface area contributed by atoms with Crippen molar-refractivity contribution < 1.29 is 26.8 Å². The van der Waals surface area contributed by atoms with E-state index in [1.54, 1.807) is 48.5 Å². The molecule has 0 heterocycles. The smallest absolute Gasteiger partial charge is 0.264 e. The second kappa shape index (κ2) is 13.2. The van der Waals surface area contributed by atoms with Gasteiger partial charge < -0.3 is 10.2 Å². The fourth-order valence-corrected chi connectivity index (χ4v) is 5.82. The molecule has 0 fully saturated rings. The molecule has 0 aliphatic carbocycles. The highest BCUT2D eigenvalue weighted by atomic mass is 32.2. The van der Waals surface area contributed by atoms with Gasteiger partial charge in [-0.2, -0.15) is 0 Å². The topological polar surface area (TPSA) is 86.8 Å². The third kappa shape index (κ3) is 7.15. The van der Waals surface area contributed by atoms with Gasteiger partial charge in [-0.25, -0.2) is 17.2 Å². The number of amides is 2. The number of sulfonamides is 1. The van der Waals surface area contributed by atoms with E-state index in [1.807, 2.05) is 6.07 Å². The Kier molecular flexibility index (Phi) is 9.46. The van der Waals surface area contributed by atoms with Crippen molar-refractivity contribution in [1.29, 1.82) is 0 Å². The fourth-order valence-electron chi connectivity index (χ4n) is 4.39. The van der Waals surface area contributed by atoms with Crippen LogP contribution in [-0.4, -0.2) is 44.8 Å². The third-order valence-corrected chi connectivity index (χ3v) is 8.33.